The largest absolute Gasteiger partial charge is 0.308 e. The van der Waals surface area contributed by atoms with Gasteiger partial charge in [-0.15, -0.1) is 0 Å². The average Bonchev–Trinajstić information content (AvgIpc) is 3.05. The maximum atomic E-state index is 12.8. The number of carbonyl (C=O) groups excluding carboxylic acids is 1. The molecule has 0 N–H and O–H groups in total. The third-order valence-corrected chi connectivity index (χ3v) is 4.62. The smallest absolute Gasteiger partial charge is 0.259 e. The minimum Gasteiger partial charge on any atom is -0.308 e. The second-order valence-electron chi connectivity index (χ2n) is 5.68. The zero-order chi connectivity index (χ0) is 16.5. The van der Waals surface area contributed by atoms with Crippen LogP contribution in [0.15, 0.2) is 65.7 Å². The highest BCUT2D eigenvalue weighted by Gasteiger charge is 2.26. The van der Waals surface area contributed by atoms with Crippen molar-refractivity contribution in [2.45, 2.75) is 6.42 Å². The second-order valence-corrected chi connectivity index (χ2v) is 6.59. The van der Waals surface area contributed by atoms with Crippen LogP contribution < -0.4 is 4.90 Å². The lowest BCUT2D eigenvalue weighted by Gasteiger charge is -2.17. The van der Waals surface area contributed by atoms with Gasteiger partial charge in [-0.25, -0.2) is 0 Å². The normalized spacial score (nSPS) is 13.0. The monoisotopic (exact) mass is 379 g/mol. The van der Waals surface area contributed by atoms with E-state index in [9.17, 15) is 4.79 Å². The van der Waals surface area contributed by atoms with E-state index in [4.69, 9.17) is 0 Å². The molecule has 0 fully saturated rings. The lowest BCUT2D eigenvalue weighted by atomic mass is 10.0. The molecular formula is C19H14BrN3O. The van der Waals surface area contributed by atoms with Gasteiger partial charge in [0.15, 0.2) is 0 Å². The van der Waals surface area contributed by atoms with Gasteiger partial charge in [0.1, 0.15) is 0 Å². The Morgan fingerprint density at radius 1 is 1.00 bits per heavy atom. The molecule has 0 unspecified atom stereocenters. The van der Waals surface area contributed by atoms with Gasteiger partial charge in [-0.1, -0.05) is 6.07 Å². The van der Waals surface area contributed by atoms with Crippen LogP contribution >= 0.6 is 15.9 Å². The summed E-state index contributed by atoms with van der Waals surface area (Å²) in [5.41, 5.74) is 5.05. The predicted octanol–water partition coefficient (Wildman–Crippen LogP) is 4.11. The van der Waals surface area contributed by atoms with Crippen LogP contribution in [0.25, 0.3) is 11.1 Å². The number of benzene rings is 1. The zero-order valence-corrected chi connectivity index (χ0v) is 14.4. The van der Waals surface area contributed by atoms with Crippen LogP contribution in [0.1, 0.15) is 15.9 Å². The summed E-state index contributed by atoms with van der Waals surface area (Å²) < 4.78 is 0.806. The molecule has 0 radical (unpaired) electrons. The maximum Gasteiger partial charge on any atom is 0.259 e. The number of amides is 1. The van der Waals surface area contributed by atoms with Gasteiger partial charge in [0.2, 0.25) is 0 Å². The summed E-state index contributed by atoms with van der Waals surface area (Å²) >= 11 is 3.37. The zero-order valence-electron chi connectivity index (χ0n) is 12.8. The molecule has 4 rings (SSSR count). The minimum absolute atomic E-state index is 0.0146. The third kappa shape index (κ3) is 2.71. The van der Waals surface area contributed by atoms with E-state index in [2.05, 4.69) is 38.0 Å². The predicted molar refractivity (Wildman–Crippen MR) is 97.0 cm³/mol. The Morgan fingerprint density at radius 2 is 1.83 bits per heavy atom. The third-order valence-electron chi connectivity index (χ3n) is 4.19. The Labute approximate surface area is 148 Å². The van der Waals surface area contributed by atoms with Crippen molar-refractivity contribution < 1.29 is 4.79 Å². The Morgan fingerprint density at radius 3 is 2.62 bits per heavy atom. The lowest BCUT2D eigenvalue weighted by Crippen LogP contribution is -2.28. The summed E-state index contributed by atoms with van der Waals surface area (Å²) in [6, 6.07) is 12.0. The highest BCUT2D eigenvalue weighted by Crippen LogP contribution is 2.33. The van der Waals surface area contributed by atoms with Crippen molar-refractivity contribution in [3.8, 4) is 11.1 Å². The van der Waals surface area contributed by atoms with Crippen LogP contribution in [0.5, 0.6) is 0 Å². The molecule has 118 valence electrons. The topological polar surface area (TPSA) is 46.1 Å². The highest BCUT2D eigenvalue weighted by molar-refractivity contribution is 9.10. The van der Waals surface area contributed by atoms with Gasteiger partial charge < -0.3 is 4.90 Å². The molecular weight excluding hydrogens is 366 g/mol. The van der Waals surface area contributed by atoms with E-state index in [0.717, 1.165) is 27.7 Å². The summed E-state index contributed by atoms with van der Waals surface area (Å²) in [5, 5.41) is 0. The van der Waals surface area contributed by atoms with Crippen molar-refractivity contribution in [1.82, 2.24) is 9.97 Å². The molecule has 0 spiro atoms. The summed E-state index contributed by atoms with van der Waals surface area (Å²) in [6.45, 7) is 0.695. The molecule has 5 heteroatoms. The Balaban J connectivity index is 1.66. The Kier molecular flexibility index (Phi) is 3.86. The number of fused-ring (bicyclic) bond motifs is 1. The molecule has 1 aromatic carbocycles. The van der Waals surface area contributed by atoms with Crippen molar-refractivity contribution in [3.63, 3.8) is 0 Å². The molecule has 2 aromatic heterocycles. The molecule has 3 aromatic rings. The van der Waals surface area contributed by atoms with Crippen molar-refractivity contribution in [2.24, 2.45) is 0 Å². The van der Waals surface area contributed by atoms with Gasteiger partial charge in [0, 0.05) is 41.5 Å². The van der Waals surface area contributed by atoms with Crippen molar-refractivity contribution in [3.05, 3.63) is 76.8 Å². The van der Waals surface area contributed by atoms with Crippen LogP contribution in [-0.4, -0.2) is 22.4 Å². The molecule has 0 aliphatic carbocycles. The minimum atomic E-state index is -0.0146. The van der Waals surface area contributed by atoms with E-state index < -0.39 is 0 Å². The van der Waals surface area contributed by atoms with E-state index in [1.807, 2.05) is 23.1 Å². The first kappa shape index (κ1) is 15.0. The van der Waals surface area contributed by atoms with Gasteiger partial charge >= 0.3 is 0 Å². The quantitative estimate of drug-likeness (QED) is 0.672. The Hall–Kier alpha value is -2.53. The number of hydrogen-bond acceptors (Lipinski definition) is 3. The number of aromatic nitrogens is 2. The molecule has 1 aliphatic rings. The Bertz CT molecular complexity index is 911. The molecule has 1 amide bonds. The number of rotatable bonds is 2. The van der Waals surface area contributed by atoms with E-state index >= 15 is 0 Å². The summed E-state index contributed by atoms with van der Waals surface area (Å²) in [5.74, 6) is -0.0146. The number of halogens is 1. The fourth-order valence-electron chi connectivity index (χ4n) is 3.02. The number of anilines is 1. The molecule has 0 saturated heterocycles. The standard InChI is InChI=1S/C19H14BrN3O/c20-17-10-16(11-22-12-17)19(24)23-8-5-15-9-14(1-2-18(15)23)13-3-6-21-7-4-13/h1-4,6-7,9-12H,5,8H2. The highest BCUT2D eigenvalue weighted by atomic mass is 79.9. The van der Waals surface area contributed by atoms with E-state index in [0.29, 0.717) is 12.1 Å². The summed E-state index contributed by atoms with van der Waals surface area (Å²) in [7, 11) is 0. The van der Waals surface area contributed by atoms with E-state index in [-0.39, 0.29) is 5.91 Å². The molecule has 4 nitrogen and oxygen atoms in total. The van der Waals surface area contributed by atoms with Crippen molar-refractivity contribution in [2.75, 3.05) is 11.4 Å². The van der Waals surface area contributed by atoms with Crippen LogP contribution in [0.4, 0.5) is 5.69 Å². The molecule has 24 heavy (non-hydrogen) atoms. The average molecular weight is 380 g/mol. The molecule has 0 bridgehead atoms. The van der Waals surface area contributed by atoms with Crippen LogP contribution in [0.2, 0.25) is 0 Å². The number of nitrogens with zero attached hydrogens (tertiary/aromatic N) is 3. The fraction of sp³-hybridized carbons (Fsp3) is 0.105. The van der Waals surface area contributed by atoms with Gasteiger partial charge in [-0.05, 0) is 69.4 Å². The fourth-order valence-corrected chi connectivity index (χ4v) is 3.39. The second kappa shape index (κ2) is 6.17. The first-order chi connectivity index (χ1) is 11.7. The summed E-state index contributed by atoms with van der Waals surface area (Å²) in [6.07, 6.45) is 7.73. The first-order valence-corrected chi connectivity index (χ1v) is 8.47. The van der Waals surface area contributed by atoms with E-state index in [1.165, 1.54) is 5.56 Å². The van der Waals surface area contributed by atoms with Crippen LogP contribution in [-0.2, 0) is 6.42 Å². The van der Waals surface area contributed by atoms with Gasteiger partial charge in [-0.3, -0.25) is 14.8 Å². The molecule has 0 atom stereocenters. The van der Waals surface area contributed by atoms with Crippen molar-refractivity contribution >= 4 is 27.5 Å². The van der Waals surface area contributed by atoms with Gasteiger partial charge in [-0.2, -0.15) is 0 Å². The maximum absolute atomic E-state index is 12.8. The van der Waals surface area contributed by atoms with E-state index in [1.54, 1.807) is 30.9 Å². The number of pyridine rings is 2. The lowest BCUT2D eigenvalue weighted by molar-refractivity contribution is 0.0989. The SMILES string of the molecule is O=C(c1cncc(Br)c1)N1CCc2cc(-c3ccncc3)ccc21. The van der Waals surface area contributed by atoms with Crippen LogP contribution in [0, 0.1) is 0 Å². The first-order valence-electron chi connectivity index (χ1n) is 7.68. The molecule has 1 aliphatic heterocycles. The van der Waals surface area contributed by atoms with Crippen LogP contribution in [0.3, 0.4) is 0 Å². The molecule has 0 saturated carbocycles. The molecule has 3 heterocycles. The van der Waals surface area contributed by atoms with Crippen molar-refractivity contribution in [1.29, 1.82) is 0 Å². The number of hydrogen-bond donors (Lipinski definition) is 0. The van der Waals surface area contributed by atoms with Gasteiger partial charge in [0.05, 0.1) is 5.56 Å². The summed E-state index contributed by atoms with van der Waals surface area (Å²) in [4.78, 5) is 22.7. The number of carbonyl (C=O) groups is 1. The van der Waals surface area contributed by atoms with Gasteiger partial charge in [0.25, 0.3) is 5.91 Å².